The van der Waals surface area contributed by atoms with E-state index >= 15 is 0 Å². The molecule has 2 unspecified atom stereocenters. The standard InChI is InChI=1S/C24H32N4O3/c29-22-6-5-21(23(30)26-22)28-15-19-12-16(3-4-20(19)24(28)31)14-27-10-7-17(8-11-27)18-2-1-9-25-13-18/h3-4,12,17-18,21,25H,1-2,5-11,13-15H2,(H,26,29,30). The van der Waals surface area contributed by atoms with Gasteiger partial charge in [-0.1, -0.05) is 12.1 Å². The Labute approximate surface area is 183 Å². The third-order valence-electron chi connectivity index (χ3n) is 7.63. The van der Waals surface area contributed by atoms with Crippen molar-refractivity contribution in [2.24, 2.45) is 11.8 Å². The molecule has 4 aliphatic heterocycles. The van der Waals surface area contributed by atoms with Crippen molar-refractivity contribution in [2.45, 2.75) is 57.7 Å². The van der Waals surface area contributed by atoms with E-state index in [0.29, 0.717) is 18.5 Å². The molecule has 3 fully saturated rings. The van der Waals surface area contributed by atoms with E-state index in [0.717, 1.165) is 37.0 Å². The van der Waals surface area contributed by atoms with Crippen molar-refractivity contribution in [1.29, 1.82) is 0 Å². The molecular formula is C24H32N4O3. The van der Waals surface area contributed by atoms with Crippen LogP contribution in [0.3, 0.4) is 0 Å². The summed E-state index contributed by atoms with van der Waals surface area (Å²) in [5.41, 5.74) is 2.92. The van der Waals surface area contributed by atoms with E-state index in [1.54, 1.807) is 4.90 Å². The Kier molecular flexibility index (Phi) is 5.80. The first-order valence-corrected chi connectivity index (χ1v) is 11.8. The second kappa shape index (κ2) is 8.71. The lowest BCUT2D eigenvalue weighted by Crippen LogP contribution is -2.52. The summed E-state index contributed by atoms with van der Waals surface area (Å²) in [6, 6.07) is 5.56. The van der Waals surface area contributed by atoms with Crippen molar-refractivity contribution in [1.82, 2.24) is 20.4 Å². The summed E-state index contributed by atoms with van der Waals surface area (Å²) in [5, 5.41) is 5.92. The van der Waals surface area contributed by atoms with E-state index < -0.39 is 6.04 Å². The molecule has 166 valence electrons. The van der Waals surface area contributed by atoms with Gasteiger partial charge in [-0.15, -0.1) is 0 Å². The SMILES string of the molecule is O=C1CCC(N2Cc3cc(CN4CCC(C5CCCNC5)CC4)ccc3C2=O)C(=O)N1. The smallest absolute Gasteiger partial charge is 0.255 e. The molecule has 4 heterocycles. The van der Waals surface area contributed by atoms with Crippen LogP contribution in [0.2, 0.25) is 0 Å². The van der Waals surface area contributed by atoms with E-state index in [-0.39, 0.29) is 24.1 Å². The summed E-state index contributed by atoms with van der Waals surface area (Å²) in [7, 11) is 0. The van der Waals surface area contributed by atoms with Gasteiger partial charge >= 0.3 is 0 Å². The third-order valence-corrected chi connectivity index (χ3v) is 7.63. The van der Waals surface area contributed by atoms with Crippen LogP contribution >= 0.6 is 0 Å². The molecule has 1 aromatic rings. The molecule has 7 heteroatoms. The molecule has 0 saturated carbocycles. The number of carbonyl (C=O) groups excluding carboxylic acids is 3. The lowest BCUT2D eigenvalue weighted by atomic mass is 9.80. The van der Waals surface area contributed by atoms with Crippen molar-refractivity contribution < 1.29 is 14.4 Å². The van der Waals surface area contributed by atoms with Gasteiger partial charge in [0, 0.05) is 25.1 Å². The van der Waals surface area contributed by atoms with Crippen LogP contribution in [0.5, 0.6) is 0 Å². The molecule has 0 aromatic heterocycles. The van der Waals surface area contributed by atoms with Crippen molar-refractivity contribution in [2.75, 3.05) is 26.2 Å². The summed E-state index contributed by atoms with van der Waals surface area (Å²) in [6.45, 7) is 6.00. The summed E-state index contributed by atoms with van der Waals surface area (Å²) >= 11 is 0. The minimum atomic E-state index is -0.547. The Morgan fingerprint density at radius 3 is 2.58 bits per heavy atom. The van der Waals surface area contributed by atoms with Crippen LogP contribution in [0, 0.1) is 11.8 Å². The minimum Gasteiger partial charge on any atom is -0.322 e. The van der Waals surface area contributed by atoms with Crippen LogP contribution in [0.4, 0.5) is 0 Å². The van der Waals surface area contributed by atoms with Crippen LogP contribution in [0.15, 0.2) is 18.2 Å². The number of hydrogen-bond acceptors (Lipinski definition) is 5. The van der Waals surface area contributed by atoms with E-state index in [4.69, 9.17) is 0 Å². The van der Waals surface area contributed by atoms with Gasteiger partial charge in [-0.05, 0) is 87.3 Å². The summed E-state index contributed by atoms with van der Waals surface area (Å²) in [6.07, 6.45) is 5.93. The topological polar surface area (TPSA) is 81.8 Å². The molecule has 2 N–H and O–H groups in total. The van der Waals surface area contributed by atoms with Crippen LogP contribution in [0.25, 0.3) is 0 Å². The average molecular weight is 425 g/mol. The Hall–Kier alpha value is -2.25. The highest BCUT2D eigenvalue weighted by molar-refractivity contribution is 6.05. The molecule has 1 aromatic carbocycles. The highest BCUT2D eigenvalue weighted by Gasteiger charge is 2.39. The lowest BCUT2D eigenvalue weighted by molar-refractivity contribution is -0.136. The van der Waals surface area contributed by atoms with Gasteiger partial charge < -0.3 is 10.2 Å². The van der Waals surface area contributed by atoms with E-state index in [2.05, 4.69) is 27.7 Å². The largest absolute Gasteiger partial charge is 0.322 e. The van der Waals surface area contributed by atoms with Gasteiger partial charge in [0.05, 0.1) is 0 Å². The van der Waals surface area contributed by atoms with Crippen molar-refractivity contribution in [3.63, 3.8) is 0 Å². The predicted molar refractivity (Wildman–Crippen MR) is 116 cm³/mol. The van der Waals surface area contributed by atoms with Crippen LogP contribution in [-0.2, 0) is 22.7 Å². The molecule has 3 amide bonds. The fraction of sp³-hybridized carbons (Fsp3) is 0.625. The average Bonchev–Trinajstić information content (AvgIpc) is 3.10. The van der Waals surface area contributed by atoms with Crippen molar-refractivity contribution >= 4 is 17.7 Å². The molecular weight excluding hydrogens is 392 g/mol. The number of hydrogen-bond donors (Lipinski definition) is 2. The summed E-state index contributed by atoms with van der Waals surface area (Å²) < 4.78 is 0. The number of imide groups is 1. The number of carbonyl (C=O) groups is 3. The van der Waals surface area contributed by atoms with Crippen LogP contribution in [-0.4, -0.2) is 59.7 Å². The summed E-state index contributed by atoms with van der Waals surface area (Å²) in [4.78, 5) is 40.7. The monoisotopic (exact) mass is 424 g/mol. The minimum absolute atomic E-state index is 0.0991. The zero-order valence-electron chi connectivity index (χ0n) is 18.1. The predicted octanol–water partition coefficient (Wildman–Crippen LogP) is 1.66. The molecule has 7 nitrogen and oxygen atoms in total. The van der Waals surface area contributed by atoms with Crippen molar-refractivity contribution in [3.8, 4) is 0 Å². The van der Waals surface area contributed by atoms with Gasteiger partial charge in [-0.2, -0.15) is 0 Å². The lowest BCUT2D eigenvalue weighted by Gasteiger charge is -2.37. The Morgan fingerprint density at radius 1 is 1.00 bits per heavy atom. The van der Waals surface area contributed by atoms with E-state index in [9.17, 15) is 14.4 Å². The number of likely N-dealkylation sites (tertiary alicyclic amines) is 1. The first kappa shape index (κ1) is 20.6. The molecule has 5 rings (SSSR count). The van der Waals surface area contributed by atoms with E-state index in [1.165, 1.54) is 44.3 Å². The molecule has 0 radical (unpaired) electrons. The summed E-state index contributed by atoms with van der Waals surface area (Å²) in [5.74, 6) is 0.992. The van der Waals surface area contributed by atoms with Gasteiger partial charge in [-0.25, -0.2) is 0 Å². The fourth-order valence-corrected chi connectivity index (χ4v) is 5.85. The third kappa shape index (κ3) is 4.26. The Morgan fingerprint density at radius 2 is 1.84 bits per heavy atom. The number of piperidine rings is 3. The molecule has 31 heavy (non-hydrogen) atoms. The highest BCUT2D eigenvalue weighted by atomic mass is 16.2. The quantitative estimate of drug-likeness (QED) is 0.719. The maximum atomic E-state index is 12.9. The van der Waals surface area contributed by atoms with Gasteiger partial charge in [0.25, 0.3) is 5.91 Å². The van der Waals surface area contributed by atoms with Crippen LogP contribution in [0.1, 0.15) is 60.0 Å². The molecule has 0 aliphatic carbocycles. The second-order valence-electron chi connectivity index (χ2n) is 9.61. The highest BCUT2D eigenvalue weighted by Crippen LogP contribution is 2.31. The number of amides is 3. The van der Waals surface area contributed by atoms with E-state index in [1.807, 2.05) is 6.07 Å². The first-order valence-electron chi connectivity index (χ1n) is 11.8. The number of rotatable bonds is 4. The molecule has 0 spiro atoms. The maximum absolute atomic E-state index is 12.9. The maximum Gasteiger partial charge on any atom is 0.255 e. The molecule has 0 bridgehead atoms. The Bertz CT molecular complexity index is 872. The van der Waals surface area contributed by atoms with Gasteiger partial charge in [0.15, 0.2) is 0 Å². The Balaban J connectivity index is 1.19. The number of nitrogens with one attached hydrogen (secondary N) is 2. The molecule has 2 atom stereocenters. The van der Waals surface area contributed by atoms with Gasteiger partial charge in [0.2, 0.25) is 11.8 Å². The fourth-order valence-electron chi connectivity index (χ4n) is 5.85. The number of benzene rings is 1. The van der Waals surface area contributed by atoms with Crippen LogP contribution < -0.4 is 10.6 Å². The van der Waals surface area contributed by atoms with Gasteiger partial charge in [-0.3, -0.25) is 24.6 Å². The number of fused-ring (bicyclic) bond motifs is 1. The zero-order valence-corrected chi connectivity index (χ0v) is 18.1. The second-order valence-corrected chi connectivity index (χ2v) is 9.61. The zero-order chi connectivity index (χ0) is 21.4. The first-order chi connectivity index (χ1) is 15.1. The molecule has 3 saturated heterocycles. The molecule has 4 aliphatic rings. The normalized spacial score (nSPS) is 28.0. The van der Waals surface area contributed by atoms with Gasteiger partial charge in [0.1, 0.15) is 6.04 Å². The van der Waals surface area contributed by atoms with Crippen molar-refractivity contribution in [3.05, 3.63) is 34.9 Å². The number of nitrogens with zero attached hydrogens (tertiary/aromatic N) is 2.